The minimum absolute atomic E-state index is 0.174. The molecule has 0 aliphatic carbocycles. The summed E-state index contributed by atoms with van der Waals surface area (Å²) in [4.78, 5) is 7.52. The Kier molecular flexibility index (Phi) is 3.84. The van der Waals surface area contributed by atoms with Crippen molar-refractivity contribution in [1.82, 2.24) is 9.97 Å². The molecule has 0 aromatic carbocycles. The van der Waals surface area contributed by atoms with Crippen molar-refractivity contribution in [2.75, 3.05) is 5.32 Å². The van der Waals surface area contributed by atoms with Crippen molar-refractivity contribution in [2.45, 2.75) is 6.18 Å². The first kappa shape index (κ1) is 14.2. The van der Waals surface area contributed by atoms with E-state index in [-0.39, 0.29) is 4.99 Å². The lowest BCUT2D eigenvalue weighted by Crippen LogP contribution is -2.11. The maximum atomic E-state index is 12.3. The van der Waals surface area contributed by atoms with Crippen LogP contribution in [0.3, 0.4) is 0 Å². The number of pyridine rings is 2. The van der Waals surface area contributed by atoms with Crippen LogP contribution < -0.4 is 11.1 Å². The summed E-state index contributed by atoms with van der Waals surface area (Å²) < 4.78 is 37.0. The lowest BCUT2D eigenvalue weighted by Gasteiger charge is -2.08. The molecule has 0 bridgehead atoms. The summed E-state index contributed by atoms with van der Waals surface area (Å²) in [5, 5.41) is 2.87. The minimum atomic E-state index is -4.45. The lowest BCUT2D eigenvalue weighted by molar-refractivity contribution is -0.141. The van der Waals surface area contributed by atoms with E-state index < -0.39 is 11.9 Å². The predicted molar refractivity (Wildman–Crippen MR) is 72.6 cm³/mol. The number of aromatic nitrogens is 2. The second-order valence-electron chi connectivity index (χ2n) is 3.85. The van der Waals surface area contributed by atoms with Crippen LogP contribution in [-0.2, 0) is 6.18 Å². The van der Waals surface area contributed by atoms with Crippen LogP contribution >= 0.6 is 12.2 Å². The Bertz CT molecular complexity index is 608. The normalized spacial score (nSPS) is 11.2. The zero-order chi connectivity index (χ0) is 14.8. The van der Waals surface area contributed by atoms with Crippen molar-refractivity contribution in [3.05, 3.63) is 48.0 Å². The standard InChI is InChI=1S/C12H9F3N4S/c13-12(14,15)10-4-2-8(6-18-10)19-7-1-3-9(11(16)20)17-5-7/h1-6,19H,(H2,16,20). The molecule has 0 saturated heterocycles. The van der Waals surface area contributed by atoms with Crippen LogP contribution in [0.15, 0.2) is 36.7 Å². The molecule has 4 nitrogen and oxygen atoms in total. The Labute approximate surface area is 117 Å². The molecule has 0 spiro atoms. The van der Waals surface area contributed by atoms with E-state index in [0.29, 0.717) is 17.1 Å². The van der Waals surface area contributed by atoms with Crippen molar-refractivity contribution in [3.63, 3.8) is 0 Å². The zero-order valence-electron chi connectivity index (χ0n) is 9.98. The molecule has 8 heteroatoms. The van der Waals surface area contributed by atoms with Crippen molar-refractivity contribution in [3.8, 4) is 0 Å². The largest absolute Gasteiger partial charge is 0.433 e. The van der Waals surface area contributed by atoms with Crippen molar-refractivity contribution in [2.24, 2.45) is 5.73 Å². The highest BCUT2D eigenvalue weighted by Crippen LogP contribution is 2.28. The summed E-state index contributed by atoms with van der Waals surface area (Å²) >= 11 is 4.76. The maximum absolute atomic E-state index is 12.3. The topological polar surface area (TPSA) is 63.8 Å². The molecular weight excluding hydrogens is 289 g/mol. The molecule has 0 unspecified atom stereocenters. The highest BCUT2D eigenvalue weighted by Gasteiger charge is 2.31. The van der Waals surface area contributed by atoms with Crippen molar-refractivity contribution < 1.29 is 13.2 Å². The number of alkyl halides is 3. The second-order valence-corrected chi connectivity index (χ2v) is 4.29. The van der Waals surface area contributed by atoms with Gasteiger partial charge in [0.25, 0.3) is 0 Å². The molecule has 0 aliphatic rings. The van der Waals surface area contributed by atoms with Gasteiger partial charge in [0.15, 0.2) is 0 Å². The van der Waals surface area contributed by atoms with E-state index >= 15 is 0 Å². The Hall–Kier alpha value is -2.22. The van der Waals surface area contributed by atoms with Crippen LogP contribution in [0.5, 0.6) is 0 Å². The molecule has 2 rings (SSSR count). The molecule has 2 aromatic heterocycles. The van der Waals surface area contributed by atoms with E-state index in [1.54, 1.807) is 12.1 Å². The van der Waals surface area contributed by atoms with Gasteiger partial charge in [0, 0.05) is 0 Å². The Morgan fingerprint density at radius 1 is 1.05 bits per heavy atom. The molecule has 0 aliphatic heterocycles. The smallest absolute Gasteiger partial charge is 0.388 e. The van der Waals surface area contributed by atoms with Crippen LogP contribution in [0.2, 0.25) is 0 Å². The Morgan fingerprint density at radius 2 is 1.65 bits per heavy atom. The molecule has 0 atom stereocenters. The molecule has 104 valence electrons. The molecular formula is C12H9F3N4S. The van der Waals surface area contributed by atoms with Gasteiger partial charge in [-0.25, -0.2) is 4.98 Å². The van der Waals surface area contributed by atoms with Gasteiger partial charge in [-0.3, -0.25) is 4.98 Å². The third-order valence-electron chi connectivity index (χ3n) is 2.36. The summed E-state index contributed by atoms with van der Waals surface area (Å²) in [6.07, 6.45) is -1.87. The van der Waals surface area contributed by atoms with Gasteiger partial charge in [-0.2, -0.15) is 13.2 Å². The van der Waals surface area contributed by atoms with Gasteiger partial charge in [-0.15, -0.1) is 0 Å². The van der Waals surface area contributed by atoms with E-state index in [1.807, 2.05) is 0 Å². The van der Waals surface area contributed by atoms with Gasteiger partial charge in [0.05, 0.1) is 29.5 Å². The third-order valence-corrected chi connectivity index (χ3v) is 2.57. The van der Waals surface area contributed by atoms with E-state index in [4.69, 9.17) is 18.0 Å². The Balaban J connectivity index is 2.12. The molecule has 0 saturated carbocycles. The number of anilines is 2. The number of nitrogens with one attached hydrogen (secondary N) is 1. The number of nitrogens with zero attached hydrogens (tertiary/aromatic N) is 2. The first-order chi connectivity index (χ1) is 9.36. The summed E-state index contributed by atoms with van der Waals surface area (Å²) in [6.45, 7) is 0. The number of nitrogens with two attached hydrogens (primary N) is 1. The van der Waals surface area contributed by atoms with Crippen LogP contribution in [0.1, 0.15) is 11.4 Å². The van der Waals surface area contributed by atoms with Crippen molar-refractivity contribution in [1.29, 1.82) is 0 Å². The first-order valence-electron chi connectivity index (χ1n) is 5.42. The van der Waals surface area contributed by atoms with E-state index in [2.05, 4.69) is 15.3 Å². The fourth-order valence-corrected chi connectivity index (χ4v) is 1.54. The van der Waals surface area contributed by atoms with E-state index in [9.17, 15) is 13.2 Å². The molecule has 0 amide bonds. The van der Waals surface area contributed by atoms with Gasteiger partial charge in [0.1, 0.15) is 10.7 Å². The highest BCUT2D eigenvalue weighted by atomic mass is 32.1. The number of thiocarbonyl (C=S) groups is 1. The number of hydrogen-bond acceptors (Lipinski definition) is 4. The predicted octanol–water partition coefficient (Wildman–Crippen LogP) is 2.87. The summed E-state index contributed by atoms with van der Waals surface area (Å²) in [7, 11) is 0. The number of halogens is 3. The molecule has 20 heavy (non-hydrogen) atoms. The van der Waals surface area contributed by atoms with Gasteiger partial charge in [-0.1, -0.05) is 12.2 Å². The Morgan fingerprint density at radius 3 is 2.05 bits per heavy atom. The van der Waals surface area contributed by atoms with Crippen LogP contribution in [0.25, 0.3) is 0 Å². The van der Waals surface area contributed by atoms with Crippen LogP contribution in [0.4, 0.5) is 24.5 Å². The number of rotatable bonds is 3. The lowest BCUT2D eigenvalue weighted by atomic mass is 10.3. The minimum Gasteiger partial charge on any atom is -0.388 e. The molecule has 0 radical (unpaired) electrons. The van der Waals surface area contributed by atoms with Gasteiger partial charge in [-0.05, 0) is 24.3 Å². The van der Waals surface area contributed by atoms with E-state index in [1.165, 1.54) is 12.3 Å². The molecule has 3 N–H and O–H groups in total. The van der Waals surface area contributed by atoms with Gasteiger partial charge < -0.3 is 11.1 Å². The van der Waals surface area contributed by atoms with E-state index in [0.717, 1.165) is 12.3 Å². The summed E-state index contributed by atoms with van der Waals surface area (Å²) in [6, 6.07) is 5.47. The number of hydrogen-bond donors (Lipinski definition) is 2. The maximum Gasteiger partial charge on any atom is 0.433 e. The van der Waals surface area contributed by atoms with Crippen LogP contribution in [-0.4, -0.2) is 15.0 Å². The van der Waals surface area contributed by atoms with Crippen molar-refractivity contribution >= 4 is 28.6 Å². The van der Waals surface area contributed by atoms with Gasteiger partial charge >= 0.3 is 6.18 Å². The second kappa shape index (κ2) is 5.41. The fraction of sp³-hybridized carbons (Fsp3) is 0.0833. The van der Waals surface area contributed by atoms with Crippen LogP contribution in [0, 0.1) is 0 Å². The molecule has 0 fully saturated rings. The van der Waals surface area contributed by atoms with Gasteiger partial charge in [0.2, 0.25) is 0 Å². The molecule has 2 aromatic rings. The SMILES string of the molecule is NC(=S)c1ccc(Nc2ccc(C(F)(F)F)nc2)cn1. The average Bonchev–Trinajstić information content (AvgIpc) is 2.39. The fourth-order valence-electron chi connectivity index (χ4n) is 1.42. The highest BCUT2D eigenvalue weighted by molar-refractivity contribution is 7.80. The summed E-state index contributed by atoms with van der Waals surface area (Å²) in [5.41, 5.74) is 5.94. The zero-order valence-corrected chi connectivity index (χ0v) is 10.8. The monoisotopic (exact) mass is 298 g/mol. The first-order valence-corrected chi connectivity index (χ1v) is 5.83. The average molecular weight is 298 g/mol. The molecule has 2 heterocycles. The summed E-state index contributed by atoms with van der Waals surface area (Å²) in [5.74, 6) is 0. The third kappa shape index (κ3) is 3.41. The quantitative estimate of drug-likeness (QED) is 0.853.